The summed E-state index contributed by atoms with van der Waals surface area (Å²) in [6.07, 6.45) is 0. The Kier molecular flexibility index (Phi) is 5.45. The zero-order chi connectivity index (χ0) is 20.4. The molecule has 0 saturated heterocycles. The van der Waals surface area contributed by atoms with Gasteiger partial charge in [0, 0.05) is 20.6 Å². The average Bonchev–Trinajstić information content (AvgIpc) is 3.12. The zero-order valence-electron chi connectivity index (χ0n) is 15.0. The summed E-state index contributed by atoms with van der Waals surface area (Å²) >= 11 is 9.46. The van der Waals surface area contributed by atoms with E-state index in [4.69, 9.17) is 11.6 Å². The first-order chi connectivity index (χ1) is 13.9. The van der Waals surface area contributed by atoms with Crippen LogP contribution < -0.4 is 4.83 Å². The second-order valence-electron chi connectivity index (χ2n) is 6.25. The molecular formula is C21H15BrClN3O2S. The number of halogens is 2. The molecule has 0 saturated carbocycles. The summed E-state index contributed by atoms with van der Waals surface area (Å²) in [6.45, 7) is 0. The monoisotopic (exact) mass is 487 g/mol. The minimum Gasteiger partial charge on any atom is -0.200 e. The molecule has 0 radical (unpaired) electrons. The molecule has 0 amide bonds. The van der Waals surface area contributed by atoms with E-state index in [1.165, 1.54) is 16.9 Å². The van der Waals surface area contributed by atoms with Crippen LogP contribution in [0.25, 0.3) is 22.5 Å². The van der Waals surface area contributed by atoms with Crippen LogP contribution in [0.15, 0.2) is 94.3 Å². The lowest BCUT2D eigenvalue weighted by atomic mass is 10.1. The quantitative estimate of drug-likeness (QED) is 0.400. The van der Waals surface area contributed by atoms with Gasteiger partial charge in [-0.25, -0.2) is 0 Å². The van der Waals surface area contributed by atoms with Crippen LogP contribution in [0.4, 0.5) is 0 Å². The maximum atomic E-state index is 12.8. The molecule has 0 aliphatic rings. The van der Waals surface area contributed by atoms with Crippen molar-refractivity contribution in [1.29, 1.82) is 0 Å². The summed E-state index contributed by atoms with van der Waals surface area (Å²) < 4.78 is 26.6. The van der Waals surface area contributed by atoms with E-state index in [0.717, 1.165) is 15.6 Å². The van der Waals surface area contributed by atoms with Crippen molar-refractivity contribution in [2.45, 2.75) is 4.90 Å². The number of aromatic nitrogens is 2. The van der Waals surface area contributed by atoms with Gasteiger partial charge in [-0.1, -0.05) is 70.0 Å². The SMILES string of the molecule is O=S(=O)(Nn1nc(-c2cccc(Br)c2)cc1-c1ccc(Cl)cc1)c1ccccc1. The molecule has 29 heavy (non-hydrogen) atoms. The third-order valence-electron chi connectivity index (χ3n) is 4.23. The predicted octanol–water partition coefficient (Wildman–Crippen LogP) is 5.57. The summed E-state index contributed by atoms with van der Waals surface area (Å²) in [5.41, 5.74) is 2.86. The van der Waals surface area contributed by atoms with Crippen LogP contribution >= 0.6 is 27.5 Å². The van der Waals surface area contributed by atoms with Gasteiger partial charge >= 0.3 is 0 Å². The van der Waals surface area contributed by atoms with Gasteiger partial charge in [0.2, 0.25) is 0 Å². The van der Waals surface area contributed by atoms with Crippen molar-refractivity contribution in [2.24, 2.45) is 0 Å². The highest BCUT2D eigenvalue weighted by molar-refractivity contribution is 9.10. The van der Waals surface area contributed by atoms with Crippen LogP contribution in [0, 0.1) is 0 Å². The number of hydrogen-bond donors (Lipinski definition) is 1. The Hall–Kier alpha value is -2.61. The van der Waals surface area contributed by atoms with Crippen molar-refractivity contribution in [2.75, 3.05) is 4.83 Å². The Labute approximate surface area is 182 Å². The summed E-state index contributed by atoms with van der Waals surface area (Å²) in [7, 11) is -3.81. The molecule has 0 unspecified atom stereocenters. The van der Waals surface area contributed by atoms with Crippen molar-refractivity contribution in [1.82, 2.24) is 9.89 Å². The Balaban J connectivity index is 1.82. The van der Waals surface area contributed by atoms with E-state index < -0.39 is 10.0 Å². The second kappa shape index (κ2) is 8.02. The first-order valence-electron chi connectivity index (χ1n) is 8.62. The molecule has 0 spiro atoms. The lowest BCUT2D eigenvalue weighted by molar-refractivity contribution is 0.592. The highest BCUT2D eigenvalue weighted by atomic mass is 79.9. The third kappa shape index (κ3) is 4.37. The summed E-state index contributed by atoms with van der Waals surface area (Å²) in [6, 6.07) is 24.8. The molecule has 0 bridgehead atoms. The Morgan fingerprint density at radius 1 is 0.862 bits per heavy atom. The summed E-state index contributed by atoms with van der Waals surface area (Å²) in [5, 5.41) is 5.10. The number of hydrogen-bond acceptors (Lipinski definition) is 3. The van der Waals surface area contributed by atoms with Crippen LogP contribution in [0.1, 0.15) is 0 Å². The van der Waals surface area contributed by atoms with Crippen molar-refractivity contribution in [3.05, 3.63) is 94.4 Å². The summed E-state index contributed by atoms with van der Waals surface area (Å²) in [5.74, 6) is 0. The number of sulfonamides is 1. The molecule has 4 rings (SSSR count). The first kappa shape index (κ1) is 19.7. The van der Waals surface area contributed by atoms with Gasteiger partial charge in [-0.2, -0.15) is 23.1 Å². The Morgan fingerprint density at radius 3 is 2.28 bits per heavy atom. The number of benzene rings is 3. The summed E-state index contributed by atoms with van der Waals surface area (Å²) in [4.78, 5) is 3.99. The van der Waals surface area contributed by atoms with E-state index in [1.807, 2.05) is 42.5 Å². The normalized spacial score (nSPS) is 11.4. The minimum atomic E-state index is -3.81. The molecule has 4 aromatic rings. The van der Waals surface area contributed by atoms with Crippen LogP contribution in [0.3, 0.4) is 0 Å². The highest BCUT2D eigenvalue weighted by Gasteiger charge is 2.19. The average molecular weight is 489 g/mol. The van der Waals surface area contributed by atoms with Crippen molar-refractivity contribution in [3.8, 4) is 22.5 Å². The molecule has 5 nitrogen and oxygen atoms in total. The Morgan fingerprint density at radius 2 is 1.59 bits per heavy atom. The number of nitrogens with zero attached hydrogens (tertiary/aromatic N) is 2. The molecule has 8 heteroatoms. The molecule has 146 valence electrons. The third-order valence-corrected chi connectivity index (χ3v) is 6.28. The van der Waals surface area contributed by atoms with Crippen molar-refractivity contribution in [3.63, 3.8) is 0 Å². The van der Waals surface area contributed by atoms with E-state index in [-0.39, 0.29) is 4.90 Å². The van der Waals surface area contributed by atoms with E-state index in [9.17, 15) is 8.42 Å². The maximum absolute atomic E-state index is 12.8. The fraction of sp³-hybridized carbons (Fsp3) is 0. The van der Waals surface area contributed by atoms with Crippen LogP contribution in [0.5, 0.6) is 0 Å². The van der Waals surface area contributed by atoms with Gasteiger partial charge < -0.3 is 0 Å². The van der Waals surface area contributed by atoms with Crippen LogP contribution in [0.2, 0.25) is 5.02 Å². The molecule has 0 aliphatic carbocycles. The fourth-order valence-corrected chi connectivity index (χ4v) is 4.34. The Bertz CT molecular complexity index is 1260. The maximum Gasteiger partial charge on any atom is 0.276 e. The first-order valence-corrected chi connectivity index (χ1v) is 11.3. The molecule has 1 N–H and O–H groups in total. The van der Waals surface area contributed by atoms with Gasteiger partial charge in [-0.05, 0) is 42.5 Å². The molecule has 1 heterocycles. The predicted molar refractivity (Wildman–Crippen MR) is 119 cm³/mol. The molecule has 3 aromatic carbocycles. The lowest BCUT2D eigenvalue weighted by Crippen LogP contribution is -2.25. The molecular weight excluding hydrogens is 474 g/mol. The van der Waals surface area contributed by atoms with Gasteiger partial charge in [-0.15, -0.1) is 0 Å². The smallest absolute Gasteiger partial charge is 0.200 e. The van der Waals surface area contributed by atoms with Gasteiger partial charge in [0.05, 0.1) is 16.3 Å². The van der Waals surface area contributed by atoms with E-state index >= 15 is 0 Å². The van der Waals surface area contributed by atoms with Gasteiger partial charge in [-0.3, -0.25) is 0 Å². The van der Waals surface area contributed by atoms with E-state index in [2.05, 4.69) is 25.9 Å². The van der Waals surface area contributed by atoms with Crippen molar-refractivity contribution >= 4 is 37.6 Å². The molecule has 0 aliphatic heterocycles. The highest BCUT2D eigenvalue weighted by Crippen LogP contribution is 2.28. The van der Waals surface area contributed by atoms with Crippen LogP contribution in [-0.4, -0.2) is 18.3 Å². The largest absolute Gasteiger partial charge is 0.276 e. The fourth-order valence-electron chi connectivity index (χ4n) is 2.83. The van der Waals surface area contributed by atoms with Gasteiger partial charge in [0.15, 0.2) is 0 Å². The topological polar surface area (TPSA) is 64.0 Å². The lowest BCUT2D eigenvalue weighted by Gasteiger charge is -2.11. The second-order valence-corrected chi connectivity index (χ2v) is 9.26. The van der Waals surface area contributed by atoms with Gasteiger partial charge in [0.1, 0.15) is 0 Å². The number of nitrogens with one attached hydrogen (secondary N) is 1. The van der Waals surface area contributed by atoms with Gasteiger partial charge in [0.25, 0.3) is 10.0 Å². The van der Waals surface area contributed by atoms with E-state index in [1.54, 1.807) is 30.3 Å². The standard InChI is InChI=1S/C21H15BrClN3O2S/c22-17-6-4-5-16(13-17)20-14-21(15-9-11-18(23)12-10-15)26(24-20)25-29(27,28)19-7-2-1-3-8-19/h1-14,25H. The number of rotatable bonds is 5. The van der Waals surface area contributed by atoms with E-state index in [0.29, 0.717) is 16.4 Å². The molecule has 1 aromatic heterocycles. The van der Waals surface area contributed by atoms with Crippen molar-refractivity contribution < 1.29 is 8.42 Å². The minimum absolute atomic E-state index is 0.154. The molecule has 0 atom stereocenters. The zero-order valence-corrected chi connectivity index (χ0v) is 18.1. The molecule has 0 fully saturated rings. The van der Waals surface area contributed by atoms with Crippen LogP contribution in [-0.2, 0) is 10.0 Å².